The number of aryl methyl sites for hydroxylation is 2. The fourth-order valence-electron chi connectivity index (χ4n) is 1.72. The standard InChI is InChI=1S/C12H13BrN4O3S/c1-7-6-21-12(20)17(7)5-10(18)14-15-11(19)9-3-8(13)4-16(9)2/h3-4,6H,5H2,1-2H3,(H,14,18)(H,15,19). The molecule has 7 nitrogen and oxygen atoms in total. The van der Waals surface area contributed by atoms with Gasteiger partial charge in [-0.3, -0.25) is 29.8 Å². The molecule has 2 amide bonds. The number of nitrogens with zero attached hydrogens (tertiary/aromatic N) is 2. The molecule has 0 aliphatic carbocycles. The quantitative estimate of drug-likeness (QED) is 0.780. The van der Waals surface area contributed by atoms with Crippen molar-refractivity contribution in [3.8, 4) is 0 Å². The zero-order chi connectivity index (χ0) is 15.6. The molecule has 2 aromatic rings. The van der Waals surface area contributed by atoms with Crippen LogP contribution in [0.25, 0.3) is 0 Å². The molecule has 2 N–H and O–H groups in total. The summed E-state index contributed by atoms with van der Waals surface area (Å²) in [6.07, 6.45) is 1.73. The summed E-state index contributed by atoms with van der Waals surface area (Å²) in [5, 5.41) is 1.68. The minimum absolute atomic E-state index is 0.134. The maximum Gasteiger partial charge on any atom is 0.307 e. The second kappa shape index (κ2) is 6.27. The van der Waals surface area contributed by atoms with Crippen LogP contribution in [0.1, 0.15) is 16.2 Å². The maximum absolute atomic E-state index is 11.9. The Kier molecular flexibility index (Phi) is 4.63. The van der Waals surface area contributed by atoms with Crippen molar-refractivity contribution in [1.29, 1.82) is 0 Å². The average molecular weight is 373 g/mol. The normalized spacial score (nSPS) is 10.4. The lowest BCUT2D eigenvalue weighted by Gasteiger charge is -2.08. The first-order valence-electron chi connectivity index (χ1n) is 5.94. The van der Waals surface area contributed by atoms with Crippen LogP contribution in [-0.2, 0) is 18.4 Å². The zero-order valence-corrected chi connectivity index (χ0v) is 13.7. The predicted octanol–water partition coefficient (Wildman–Crippen LogP) is 0.780. The topological polar surface area (TPSA) is 85.1 Å². The van der Waals surface area contributed by atoms with Crippen molar-refractivity contribution in [3.05, 3.63) is 43.2 Å². The zero-order valence-electron chi connectivity index (χ0n) is 11.3. The van der Waals surface area contributed by atoms with Gasteiger partial charge in [-0.25, -0.2) is 0 Å². The fraction of sp³-hybridized carbons (Fsp3) is 0.250. The minimum Gasteiger partial charge on any atom is -0.345 e. The van der Waals surface area contributed by atoms with Gasteiger partial charge >= 0.3 is 4.87 Å². The molecule has 2 heterocycles. The highest BCUT2D eigenvalue weighted by Crippen LogP contribution is 2.13. The molecule has 9 heteroatoms. The van der Waals surface area contributed by atoms with Crippen molar-refractivity contribution in [1.82, 2.24) is 20.0 Å². The van der Waals surface area contributed by atoms with Gasteiger partial charge in [0.1, 0.15) is 12.2 Å². The lowest BCUT2D eigenvalue weighted by atomic mass is 10.4. The van der Waals surface area contributed by atoms with Gasteiger partial charge in [-0.15, -0.1) is 0 Å². The van der Waals surface area contributed by atoms with E-state index in [4.69, 9.17) is 0 Å². The summed E-state index contributed by atoms with van der Waals surface area (Å²) in [6, 6.07) is 1.63. The molecule has 0 aliphatic rings. The second-order valence-corrected chi connectivity index (χ2v) is 6.12. The summed E-state index contributed by atoms with van der Waals surface area (Å²) in [6.45, 7) is 1.61. The number of hydrazine groups is 1. The van der Waals surface area contributed by atoms with E-state index in [-0.39, 0.29) is 11.4 Å². The monoisotopic (exact) mass is 372 g/mol. The first kappa shape index (κ1) is 15.5. The van der Waals surface area contributed by atoms with E-state index in [1.165, 1.54) is 4.57 Å². The van der Waals surface area contributed by atoms with E-state index in [0.29, 0.717) is 11.4 Å². The van der Waals surface area contributed by atoms with Crippen LogP contribution in [0.5, 0.6) is 0 Å². The SMILES string of the molecule is Cc1csc(=O)n1CC(=O)NNC(=O)c1cc(Br)cn1C. The molecule has 0 saturated carbocycles. The van der Waals surface area contributed by atoms with Crippen LogP contribution in [0.4, 0.5) is 0 Å². The number of hydrogen-bond acceptors (Lipinski definition) is 4. The predicted molar refractivity (Wildman–Crippen MR) is 82.0 cm³/mol. The highest BCUT2D eigenvalue weighted by Gasteiger charge is 2.13. The summed E-state index contributed by atoms with van der Waals surface area (Å²) in [5.41, 5.74) is 5.70. The Labute approximate surface area is 132 Å². The molecular weight excluding hydrogens is 360 g/mol. The van der Waals surface area contributed by atoms with Gasteiger partial charge < -0.3 is 4.57 Å². The first-order chi connectivity index (χ1) is 9.88. The van der Waals surface area contributed by atoms with E-state index in [2.05, 4.69) is 26.8 Å². The Balaban J connectivity index is 1.94. The molecule has 2 rings (SSSR count). The molecule has 0 aromatic carbocycles. The summed E-state index contributed by atoms with van der Waals surface area (Å²) >= 11 is 4.29. The number of aromatic nitrogens is 2. The number of carbonyl (C=O) groups is 2. The lowest BCUT2D eigenvalue weighted by Crippen LogP contribution is -2.44. The number of amides is 2. The van der Waals surface area contributed by atoms with E-state index < -0.39 is 11.8 Å². The Bertz CT molecular complexity index is 746. The number of halogens is 1. The van der Waals surface area contributed by atoms with Crippen LogP contribution >= 0.6 is 27.3 Å². The summed E-state index contributed by atoms with van der Waals surface area (Å²) < 4.78 is 3.73. The summed E-state index contributed by atoms with van der Waals surface area (Å²) in [7, 11) is 1.72. The van der Waals surface area contributed by atoms with Gasteiger partial charge in [-0.2, -0.15) is 0 Å². The van der Waals surface area contributed by atoms with Crippen LogP contribution in [-0.4, -0.2) is 20.9 Å². The number of carbonyl (C=O) groups excluding carboxylic acids is 2. The van der Waals surface area contributed by atoms with Gasteiger partial charge in [0.05, 0.1) is 0 Å². The Morgan fingerprint density at radius 1 is 1.38 bits per heavy atom. The number of nitrogens with one attached hydrogen (secondary N) is 2. The van der Waals surface area contributed by atoms with Crippen LogP contribution < -0.4 is 15.7 Å². The van der Waals surface area contributed by atoms with Crippen molar-refractivity contribution in [2.45, 2.75) is 13.5 Å². The number of rotatable bonds is 3. The first-order valence-corrected chi connectivity index (χ1v) is 7.61. The third-order valence-corrected chi connectivity index (χ3v) is 4.11. The molecule has 0 spiro atoms. The van der Waals surface area contributed by atoms with E-state index >= 15 is 0 Å². The largest absolute Gasteiger partial charge is 0.345 e. The molecule has 0 bridgehead atoms. The third kappa shape index (κ3) is 3.61. The van der Waals surface area contributed by atoms with E-state index in [0.717, 1.165) is 15.8 Å². The highest BCUT2D eigenvalue weighted by atomic mass is 79.9. The highest BCUT2D eigenvalue weighted by molar-refractivity contribution is 9.10. The van der Waals surface area contributed by atoms with Gasteiger partial charge in [0, 0.05) is 28.8 Å². The van der Waals surface area contributed by atoms with Gasteiger partial charge in [0.2, 0.25) is 0 Å². The van der Waals surface area contributed by atoms with Gasteiger partial charge in [0.15, 0.2) is 0 Å². The molecule has 0 fully saturated rings. The van der Waals surface area contributed by atoms with Crippen LogP contribution in [0.3, 0.4) is 0 Å². The van der Waals surface area contributed by atoms with Crippen molar-refractivity contribution in [2.24, 2.45) is 7.05 Å². The third-order valence-electron chi connectivity index (χ3n) is 2.80. The maximum atomic E-state index is 11.9. The molecule has 112 valence electrons. The molecular formula is C12H13BrN4O3S. The van der Waals surface area contributed by atoms with Crippen LogP contribution in [0.2, 0.25) is 0 Å². The van der Waals surface area contributed by atoms with E-state index in [1.54, 1.807) is 36.2 Å². The number of hydrogen-bond donors (Lipinski definition) is 2. The Morgan fingerprint density at radius 2 is 2.10 bits per heavy atom. The smallest absolute Gasteiger partial charge is 0.307 e. The van der Waals surface area contributed by atoms with Gasteiger partial charge in [-0.05, 0) is 28.9 Å². The molecule has 2 aromatic heterocycles. The summed E-state index contributed by atoms with van der Waals surface area (Å²) in [4.78, 5) is 34.9. The van der Waals surface area contributed by atoms with Crippen molar-refractivity contribution in [2.75, 3.05) is 0 Å². The Morgan fingerprint density at radius 3 is 2.62 bits per heavy atom. The van der Waals surface area contributed by atoms with E-state index in [9.17, 15) is 14.4 Å². The van der Waals surface area contributed by atoms with Gasteiger partial charge in [0.25, 0.3) is 11.8 Å². The van der Waals surface area contributed by atoms with Gasteiger partial charge in [-0.1, -0.05) is 11.3 Å². The van der Waals surface area contributed by atoms with E-state index in [1.807, 2.05) is 0 Å². The molecule has 0 atom stereocenters. The minimum atomic E-state index is -0.472. The molecule has 0 radical (unpaired) electrons. The van der Waals surface area contributed by atoms with Crippen LogP contribution in [0.15, 0.2) is 26.9 Å². The Hall–Kier alpha value is -1.87. The average Bonchev–Trinajstić information content (AvgIpc) is 2.92. The van der Waals surface area contributed by atoms with Crippen molar-refractivity contribution in [3.63, 3.8) is 0 Å². The fourth-order valence-corrected chi connectivity index (χ4v) is 2.98. The molecule has 0 aliphatic heterocycles. The van der Waals surface area contributed by atoms with Crippen molar-refractivity contribution < 1.29 is 9.59 Å². The molecule has 0 unspecified atom stereocenters. The van der Waals surface area contributed by atoms with Crippen molar-refractivity contribution >= 4 is 39.1 Å². The molecule has 21 heavy (non-hydrogen) atoms. The second-order valence-electron chi connectivity index (χ2n) is 4.39. The number of thiazole rings is 1. The molecule has 0 saturated heterocycles. The summed E-state index contributed by atoms with van der Waals surface area (Å²) in [5.74, 6) is -0.911. The van der Waals surface area contributed by atoms with Crippen LogP contribution in [0, 0.1) is 6.92 Å². The lowest BCUT2D eigenvalue weighted by molar-refractivity contribution is -0.122.